The molecule has 0 amide bonds. The van der Waals surface area contributed by atoms with Crippen LogP contribution < -0.4 is 5.32 Å². The van der Waals surface area contributed by atoms with Crippen molar-refractivity contribution in [2.24, 2.45) is 0 Å². The van der Waals surface area contributed by atoms with Crippen molar-refractivity contribution in [3.8, 4) is 10.6 Å². The molecule has 0 saturated carbocycles. The Morgan fingerprint density at radius 1 is 1.25 bits per heavy atom. The van der Waals surface area contributed by atoms with Crippen LogP contribution in [0.3, 0.4) is 0 Å². The molecule has 0 bridgehead atoms. The number of benzene rings is 1. The largest absolute Gasteiger partial charge is 0.312 e. The lowest BCUT2D eigenvalue weighted by Crippen LogP contribution is -2.13. The fraction of sp³-hybridized carbons (Fsp3) is 0.400. The zero-order chi connectivity index (χ0) is 14.5. The number of nitrogens with one attached hydrogen (secondary N) is 1. The number of thiazole rings is 1. The van der Waals surface area contributed by atoms with E-state index in [1.807, 2.05) is 6.92 Å². The van der Waals surface area contributed by atoms with Crippen molar-refractivity contribution in [1.29, 1.82) is 0 Å². The molecule has 0 spiro atoms. The number of aryl methyl sites for hydroxylation is 1. The molecule has 0 atom stereocenters. The summed E-state index contributed by atoms with van der Waals surface area (Å²) in [6, 6.07) is 3.47. The van der Waals surface area contributed by atoms with E-state index in [1.54, 1.807) is 0 Å². The third kappa shape index (κ3) is 3.41. The molecule has 1 aromatic carbocycles. The third-order valence-electron chi connectivity index (χ3n) is 2.98. The van der Waals surface area contributed by atoms with Crippen LogP contribution >= 0.6 is 11.3 Å². The van der Waals surface area contributed by atoms with Crippen molar-refractivity contribution >= 4 is 11.3 Å². The Bertz CT molecular complexity index is 581. The maximum atomic E-state index is 13.8. The highest BCUT2D eigenvalue weighted by atomic mass is 32.1. The van der Waals surface area contributed by atoms with Gasteiger partial charge in [-0.25, -0.2) is 13.8 Å². The molecule has 0 saturated heterocycles. The second kappa shape index (κ2) is 6.90. The van der Waals surface area contributed by atoms with Crippen LogP contribution in [0.25, 0.3) is 10.6 Å². The molecular weight excluding hydrogens is 278 g/mol. The molecule has 0 unspecified atom stereocenters. The Morgan fingerprint density at radius 2 is 2.05 bits per heavy atom. The summed E-state index contributed by atoms with van der Waals surface area (Å²) in [5, 5.41) is 3.87. The highest BCUT2D eigenvalue weighted by molar-refractivity contribution is 7.15. The van der Waals surface area contributed by atoms with Gasteiger partial charge in [0.1, 0.15) is 16.6 Å². The lowest BCUT2D eigenvalue weighted by molar-refractivity contribution is 0.603. The van der Waals surface area contributed by atoms with Gasteiger partial charge in [-0.15, -0.1) is 11.3 Å². The standard InChI is InChI=1S/C15H18F2N2S/c1-3-7-18-9-14-13(4-2)19-15(20-14)11-8-10(16)5-6-12(11)17/h5-6,8,18H,3-4,7,9H2,1-2H3. The van der Waals surface area contributed by atoms with Gasteiger partial charge in [0.15, 0.2) is 0 Å². The molecule has 108 valence electrons. The number of nitrogens with zero attached hydrogens (tertiary/aromatic N) is 1. The number of aromatic nitrogens is 1. The van der Waals surface area contributed by atoms with Crippen LogP contribution in [0, 0.1) is 11.6 Å². The summed E-state index contributed by atoms with van der Waals surface area (Å²) in [7, 11) is 0. The summed E-state index contributed by atoms with van der Waals surface area (Å²) in [6.07, 6.45) is 1.85. The Morgan fingerprint density at radius 3 is 2.75 bits per heavy atom. The van der Waals surface area contributed by atoms with Crippen LogP contribution in [0.2, 0.25) is 0 Å². The van der Waals surface area contributed by atoms with Gasteiger partial charge in [0.25, 0.3) is 0 Å². The molecule has 0 aliphatic carbocycles. The predicted molar refractivity (Wildman–Crippen MR) is 78.8 cm³/mol. The first-order valence-corrected chi connectivity index (χ1v) is 7.62. The molecule has 2 aromatic rings. The fourth-order valence-electron chi connectivity index (χ4n) is 1.95. The van der Waals surface area contributed by atoms with Crippen molar-refractivity contribution in [3.05, 3.63) is 40.4 Å². The minimum absolute atomic E-state index is 0.242. The Labute approximate surface area is 121 Å². The maximum Gasteiger partial charge on any atom is 0.133 e. The van der Waals surface area contributed by atoms with Gasteiger partial charge in [0.05, 0.1) is 5.69 Å². The smallest absolute Gasteiger partial charge is 0.133 e. The van der Waals surface area contributed by atoms with Crippen molar-refractivity contribution in [1.82, 2.24) is 10.3 Å². The fourth-order valence-corrected chi connectivity index (χ4v) is 3.09. The summed E-state index contributed by atoms with van der Waals surface area (Å²) in [6.45, 7) is 5.79. The van der Waals surface area contributed by atoms with Gasteiger partial charge in [-0.2, -0.15) is 0 Å². The zero-order valence-electron chi connectivity index (χ0n) is 11.7. The Kier molecular flexibility index (Phi) is 5.20. The molecule has 0 radical (unpaired) electrons. The maximum absolute atomic E-state index is 13.8. The molecule has 0 fully saturated rings. The van der Waals surface area contributed by atoms with Crippen molar-refractivity contribution in [2.75, 3.05) is 6.54 Å². The Balaban J connectivity index is 2.30. The molecule has 1 heterocycles. The zero-order valence-corrected chi connectivity index (χ0v) is 12.5. The van der Waals surface area contributed by atoms with E-state index in [0.717, 1.165) is 48.6 Å². The minimum atomic E-state index is -0.444. The summed E-state index contributed by atoms with van der Waals surface area (Å²) >= 11 is 1.43. The molecule has 2 rings (SSSR count). The normalized spacial score (nSPS) is 11.0. The van der Waals surface area contributed by atoms with Crippen LogP contribution in [-0.2, 0) is 13.0 Å². The lowest BCUT2D eigenvalue weighted by atomic mass is 10.2. The van der Waals surface area contributed by atoms with E-state index in [9.17, 15) is 8.78 Å². The van der Waals surface area contributed by atoms with Gasteiger partial charge in [0, 0.05) is 17.0 Å². The van der Waals surface area contributed by atoms with Crippen LogP contribution in [0.4, 0.5) is 8.78 Å². The summed E-state index contributed by atoms with van der Waals surface area (Å²) in [5.74, 6) is -0.879. The highest BCUT2D eigenvalue weighted by Crippen LogP contribution is 2.30. The summed E-state index contributed by atoms with van der Waals surface area (Å²) < 4.78 is 27.1. The number of hydrogen-bond donors (Lipinski definition) is 1. The first-order chi connectivity index (χ1) is 9.65. The monoisotopic (exact) mass is 296 g/mol. The second-order valence-corrected chi connectivity index (χ2v) is 5.63. The van der Waals surface area contributed by atoms with Crippen molar-refractivity contribution in [3.63, 3.8) is 0 Å². The molecular formula is C15H18F2N2S. The van der Waals surface area contributed by atoms with Crippen molar-refractivity contribution < 1.29 is 8.78 Å². The summed E-state index contributed by atoms with van der Waals surface area (Å²) in [4.78, 5) is 5.55. The second-order valence-electron chi connectivity index (χ2n) is 4.54. The van der Waals surface area contributed by atoms with E-state index in [0.29, 0.717) is 5.01 Å². The van der Waals surface area contributed by atoms with Gasteiger partial charge < -0.3 is 5.32 Å². The van der Waals surface area contributed by atoms with E-state index < -0.39 is 11.6 Å². The molecule has 5 heteroatoms. The SMILES string of the molecule is CCCNCc1sc(-c2cc(F)ccc2F)nc1CC. The van der Waals surface area contributed by atoms with Crippen molar-refractivity contribution in [2.45, 2.75) is 33.2 Å². The first kappa shape index (κ1) is 15.1. The van der Waals surface area contributed by atoms with Gasteiger partial charge in [-0.05, 0) is 37.6 Å². The van der Waals surface area contributed by atoms with E-state index in [2.05, 4.69) is 17.2 Å². The predicted octanol–water partition coefficient (Wildman–Crippen LogP) is 4.15. The van der Waals surface area contributed by atoms with E-state index in [1.165, 1.54) is 17.4 Å². The molecule has 20 heavy (non-hydrogen) atoms. The number of hydrogen-bond acceptors (Lipinski definition) is 3. The molecule has 0 aliphatic rings. The van der Waals surface area contributed by atoms with Crippen LogP contribution in [0.15, 0.2) is 18.2 Å². The number of rotatable bonds is 6. The van der Waals surface area contributed by atoms with Gasteiger partial charge in [0.2, 0.25) is 0 Å². The van der Waals surface area contributed by atoms with Gasteiger partial charge >= 0.3 is 0 Å². The average molecular weight is 296 g/mol. The minimum Gasteiger partial charge on any atom is -0.312 e. The molecule has 2 nitrogen and oxygen atoms in total. The number of halogens is 2. The molecule has 0 aliphatic heterocycles. The van der Waals surface area contributed by atoms with E-state index in [4.69, 9.17) is 0 Å². The van der Waals surface area contributed by atoms with Crippen LogP contribution in [0.1, 0.15) is 30.8 Å². The Hall–Kier alpha value is -1.33. The average Bonchev–Trinajstić information content (AvgIpc) is 2.85. The molecule has 1 N–H and O–H groups in total. The first-order valence-electron chi connectivity index (χ1n) is 6.80. The van der Waals surface area contributed by atoms with Gasteiger partial charge in [-0.3, -0.25) is 0 Å². The third-order valence-corrected chi connectivity index (χ3v) is 4.12. The van der Waals surface area contributed by atoms with E-state index in [-0.39, 0.29) is 5.56 Å². The highest BCUT2D eigenvalue weighted by Gasteiger charge is 2.14. The molecule has 1 aromatic heterocycles. The van der Waals surface area contributed by atoms with Crippen LogP contribution in [0.5, 0.6) is 0 Å². The quantitative estimate of drug-likeness (QED) is 0.810. The topological polar surface area (TPSA) is 24.9 Å². The summed E-state index contributed by atoms with van der Waals surface area (Å²) in [5.41, 5.74) is 1.20. The lowest BCUT2D eigenvalue weighted by Gasteiger charge is -2.01. The van der Waals surface area contributed by atoms with Gasteiger partial charge in [-0.1, -0.05) is 13.8 Å². The van der Waals surface area contributed by atoms with Crippen LogP contribution in [-0.4, -0.2) is 11.5 Å². The van der Waals surface area contributed by atoms with E-state index >= 15 is 0 Å².